The second kappa shape index (κ2) is 13.4. The summed E-state index contributed by atoms with van der Waals surface area (Å²) in [5.41, 5.74) is 20.4. The highest BCUT2D eigenvalue weighted by Gasteiger charge is 2.59. The van der Waals surface area contributed by atoms with Crippen LogP contribution in [0.1, 0.15) is 44.5 Å². The van der Waals surface area contributed by atoms with Crippen LogP contribution in [0.3, 0.4) is 0 Å². The molecular weight excluding hydrogens is 813 g/mol. The van der Waals surface area contributed by atoms with E-state index in [0.717, 1.165) is 66.5 Å². The molecule has 10 aromatic carbocycles. The first-order valence-electron chi connectivity index (χ1n) is 23.1. The number of furan rings is 1. The van der Waals surface area contributed by atoms with E-state index in [4.69, 9.17) is 14.4 Å². The van der Waals surface area contributed by atoms with Crippen LogP contribution in [0.2, 0.25) is 0 Å². The molecule has 67 heavy (non-hydrogen) atoms. The van der Waals surface area contributed by atoms with Crippen molar-refractivity contribution in [2.24, 2.45) is 0 Å². The van der Waals surface area contributed by atoms with Crippen molar-refractivity contribution in [1.29, 1.82) is 0 Å². The fraction of sp³-hybridized carbons (Fsp3) is 0.0312. The Hall–Kier alpha value is -8.66. The monoisotopic (exact) mass is 850 g/mol. The normalized spacial score (nSPS) is 14.2. The van der Waals surface area contributed by atoms with Crippen LogP contribution in [0, 0.1) is 0 Å². The first-order chi connectivity index (χ1) is 33.2. The summed E-state index contributed by atoms with van der Waals surface area (Å²) in [6.45, 7) is 0. The van der Waals surface area contributed by atoms with E-state index in [1.54, 1.807) is 0 Å². The smallest absolute Gasteiger partial charge is 0.160 e. The summed E-state index contributed by atoms with van der Waals surface area (Å²) in [5.74, 6) is 0.682. The van der Waals surface area contributed by atoms with Crippen molar-refractivity contribution in [3.05, 3.63) is 275 Å². The molecule has 2 spiro atoms. The molecule has 3 aliphatic rings. The highest BCUT2D eigenvalue weighted by atomic mass is 16.3. The molecule has 12 aromatic rings. The first-order valence-corrected chi connectivity index (χ1v) is 23.1. The molecule has 0 fully saturated rings. The molecule has 15 rings (SSSR count). The van der Waals surface area contributed by atoms with Gasteiger partial charge in [0.05, 0.1) is 22.2 Å². The lowest BCUT2D eigenvalue weighted by atomic mass is 9.52. The third-order valence-corrected chi connectivity index (χ3v) is 15.2. The highest BCUT2D eigenvalue weighted by molar-refractivity contribution is 6.11. The van der Waals surface area contributed by atoms with Crippen LogP contribution >= 0.6 is 0 Å². The Kier molecular flexibility index (Phi) is 7.36. The molecule has 0 N–H and O–H groups in total. The summed E-state index contributed by atoms with van der Waals surface area (Å²) in [4.78, 5) is 10.8. The number of aromatic nitrogens is 2. The molecule has 0 atom stereocenters. The van der Waals surface area contributed by atoms with Crippen LogP contribution < -0.4 is 0 Å². The van der Waals surface area contributed by atoms with Crippen molar-refractivity contribution in [2.75, 3.05) is 0 Å². The molecule has 0 unspecified atom stereocenters. The number of rotatable bonds is 3. The van der Waals surface area contributed by atoms with Gasteiger partial charge in [0.25, 0.3) is 0 Å². The minimum absolute atomic E-state index is 0.542. The number of hydrogen-bond acceptors (Lipinski definition) is 3. The molecule has 2 aromatic heterocycles. The molecule has 310 valence electrons. The maximum absolute atomic E-state index is 7.17. The second-order valence-corrected chi connectivity index (χ2v) is 18.3. The quantitative estimate of drug-likeness (QED) is 0.178. The lowest BCUT2D eigenvalue weighted by Crippen LogP contribution is -2.43. The van der Waals surface area contributed by atoms with Crippen molar-refractivity contribution < 1.29 is 4.42 Å². The van der Waals surface area contributed by atoms with Gasteiger partial charge in [-0.05, 0) is 96.2 Å². The summed E-state index contributed by atoms with van der Waals surface area (Å²) in [6, 6.07) is 84.3. The Morgan fingerprint density at radius 2 is 0.866 bits per heavy atom. The Morgan fingerprint density at radius 3 is 1.60 bits per heavy atom. The van der Waals surface area contributed by atoms with E-state index in [1.165, 1.54) is 61.0 Å². The van der Waals surface area contributed by atoms with Crippen LogP contribution in [-0.2, 0) is 10.8 Å². The SMILES string of the molecule is c1ccc(-c2cc(-c3cccc4ccccc34)nc(-c3ccc4c(c3)-c3ccc5c(oc6ccccc65)c3C43c4ccccc4C4(c5ccccc5-c5ccccc54)c4ccccc43)n2)cc1. The number of hydrogen-bond donors (Lipinski definition) is 0. The standard InChI is InChI=1S/C64H38N2O/c1-2-18-40(19-3-1)57-38-58(45-25-16-20-39-17-4-5-21-42(39)45)66-62(65-57)41-33-36-52-49(37-41)47-34-35-48-46-24-8-15-32-59(46)67-61(48)60(47)64(52)55-30-13-11-28-53(55)63(54-29-12-14-31-56(54)64)50-26-9-6-22-43(50)44-23-7-10-27-51(44)63/h1-38H. The van der Waals surface area contributed by atoms with E-state index in [0.29, 0.717) is 5.82 Å². The third-order valence-electron chi connectivity index (χ3n) is 15.2. The van der Waals surface area contributed by atoms with E-state index >= 15 is 0 Å². The number of para-hydroxylation sites is 1. The number of nitrogens with zero attached hydrogens (tertiary/aromatic N) is 2. The summed E-state index contributed by atoms with van der Waals surface area (Å²) in [5, 5.41) is 4.57. The highest BCUT2D eigenvalue weighted by Crippen LogP contribution is 2.68. The molecular formula is C64H38N2O. The van der Waals surface area contributed by atoms with Crippen LogP contribution in [0.4, 0.5) is 0 Å². The van der Waals surface area contributed by atoms with Crippen molar-refractivity contribution in [1.82, 2.24) is 9.97 Å². The van der Waals surface area contributed by atoms with Crippen LogP contribution in [0.25, 0.3) is 88.9 Å². The van der Waals surface area contributed by atoms with Gasteiger partial charge in [0.15, 0.2) is 5.82 Å². The van der Waals surface area contributed by atoms with Crippen molar-refractivity contribution >= 4 is 32.7 Å². The minimum atomic E-state index is -0.734. The molecule has 0 bridgehead atoms. The summed E-state index contributed by atoms with van der Waals surface area (Å²) in [7, 11) is 0. The Labute approximate surface area is 387 Å². The van der Waals surface area contributed by atoms with Gasteiger partial charge >= 0.3 is 0 Å². The molecule has 0 aliphatic heterocycles. The molecule has 2 heterocycles. The molecule has 0 saturated heterocycles. The predicted molar refractivity (Wildman–Crippen MR) is 271 cm³/mol. The van der Waals surface area contributed by atoms with Gasteiger partial charge in [0.2, 0.25) is 0 Å². The van der Waals surface area contributed by atoms with Crippen LogP contribution in [0.5, 0.6) is 0 Å². The maximum Gasteiger partial charge on any atom is 0.160 e. The molecule has 3 heteroatoms. The third kappa shape index (κ3) is 4.70. The van der Waals surface area contributed by atoms with Crippen molar-refractivity contribution in [2.45, 2.75) is 10.8 Å². The van der Waals surface area contributed by atoms with E-state index in [2.05, 4.69) is 231 Å². The summed E-state index contributed by atoms with van der Waals surface area (Å²) in [6.07, 6.45) is 0. The summed E-state index contributed by atoms with van der Waals surface area (Å²) >= 11 is 0. The van der Waals surface area contributed by atoms with E-state index in [9.17, 15) is 0 Å². The van der Waals surface area contributed by atoms with Gasteiger partial charge in [0.1, 0.15) is 11.2 Å². The Bertz CT molecular complexity index is 3970. The fourth-order valence-electron chi connectivity index (χ4n) is 12.6. The van der Waals surface area contributed by atoms with Crippen molar-refractivity contribution in [3.63, 3.8) is 0 Å². The lowest BCUT2D eigenvalue weighted by Gasteiger charge is -2.48. The topological polar surface area (TPSA) is 38.9 Å². The maximum atomic E-state index is 7.17. The average molecular weight is 851 g/mol. The van der Waals surface area contributed by atoms with Crippen LogP contribution in [0.15, 0.2) is 235 Å². The molecule has 3 nitrogen and oxygen atoms in total. The molecule has 0 saturated carbocycles. The Balaban J connectivity index is 1.05. The molecule has 0 amide bonds. The van der Waals surface area contributed by atoms with E-state index < -0.39 is 10.8 Å². The summed E-state index contributed by atoms with van der Waals surface area (Å²) < 4.78 is 7.17. The first kappa shape index (κ1) is 36.7. The second-order valence-electron chi connectivity index (χ2n) is 18.3. The van der Waals surface area contributed by atoms with Gasteiger partial charge in [-0.2, -0.15) is 0 Å². The number of benzene rings is 10. The Morgan fingerprint density at radius 1 is 0.313 bits per heavy atom. The van der Waals surface area contributed by atoms with Crippen LogP contribution in [-0.4, -0.2) is 9.97 Å². The van der Waals surface area contributed by atoms with Gasteiger partial charge in [-0.1, -0.05) is 206 Å². The minimum Gasteiger partial charge on any atom is -0.456 e. The molecule has 3 aliphatic carbocycles. The predicted octanol–water partition coefficient (Wildman–Crippen LogP) is 15.6. The average Bonchev–Trinajstić information content (AvgIpc) is 4.03. The van der Waals surface area contributed by atoms with E-state index in [1.807, 2.05) is 0 Å². The van der Waals surface area contributed by atoms with Gasteiger partial charge in [-0.15, -0.1) is 0 Å². The largest absolute Gasteiger partial charge is 0.456 e. The van der Waals surface area contributed by atoms with E-state index in [-0.39, 0.29) is 0 Å². The zero-order chi connectivity index (χ0) is 43.8. The lowest BCUT2D eigenvalue weighted by molar-refractivity contribution is 0.614. The van der Waals surface area contributed by atoms with Gasteiger partial charge < -0.3 is 4.42 Å². The van der Waals surface area contributed by atoms with Gasteiger partial charge in [-0.25, -0.2) is 9.97 Å². The number of fused-ring (bicyclic) bond motifs is 21. The zero-order valence-corrected chi connectivity index (χ0v) is 36.2. The van der Waals surface area contributed by atoms with Gasteiger partial charge in [0, 0.05) is 33.0 Å². The zero-order valence-electron chi connectivity index (χ0n) is 36.2. The van der Waals surface area contributed by atoms with Gasteiger partial charge in [-0.3, -0.25) is 0 Å². The fourth-order valence-corrected chi connectivity index (χ4v) is 12.6. The van der Waals surface area contributed by atoms with Crippen molar-refractivity contribution in [3.8, 4) is 56.2 Å². The molecule has 0 radical (unpaired) electrons.